The van der Waals surface area contributed by atoms with E-state index in [9.17, 15) is 9.50 Å². The van der Waals surface area contributed by atoms with Crippen LogP contribution in [0, 0.1) is 11.7 Å². The first-order chi connectivity index (χ1) is 15.1. The summed E-state index contributed by atoms with van der Waals surface area (Å²) < 4.78 is 13.7. The van der Waals surface area contributed by atoms with Crippen LogP contribution in [0.25, 0.3) is 0 Å². The van der Waals surface area contributed by atoms with Gasteiger partial charge in [0.05, 0.1) is 17.8 Å². The molecular weight excluding hydrogens is 395 g/mol. The fraction of sp³-hybridized carbons (Fsp3) is 0.435. The summed E-state index contributed by atoms with van der Waals surface area (Å²) in [5.74, 6) is 2.82. The molecule has 31 heavy (non-hydrogen) atoms. The Labute approximate surface area is 179 Å². The van der Waals surface area contributed by atoms with E-state index < -0.39 is 0 Å². The molecule has 7 nitrogen and oxygen atoms in total. The molecule has 1 saturated heterocycles. The highest BCUT2D eigenvalue weighted by molar-refractivity contribution is 5.56. The van der Waals surface area contributed by atoms with Crippen LogP contribution in [-0.2, 0) is 6.42 Å². The Balaban J connectivity index is 1.32. The van der Waals surface area contributed by atoms with E-state index in [0.29, 0.717) is 30.0 Å². The van der Waals surface area contributed by atoms with E-state index in [2.05, 4.69) is 20.4 Å². The lowest BCUT2D eigenvalue weighted by Gasteiger charge is -2.31. The zero-order chi connectivity index (χ0) is 20.9. The molecule has 6 rings (SSSR count). The standard InChI is InChI=1S/C23H25FN6O/c24-16-3-1-2-13(6-16)7-17-10-21(26-22-11-18(28-29-22)15-4-5-15)27-23(25-17)30-12-14-8-19(30)20(31)9-14/h1-3,6,10-11,14-15,19-20,31H,4-5,7-9,12H2,(H2,25,26,27,28,29). The molecule has 0 spiro atoms. The van der Waals surface area contributed by atoms with Gasteiger partial charge in [-0.1, -0.05) is 12.1 Å². The maximum absolute atomic E-state index is 13.7. The van der Waals surface area contributed by atoms with Gasteiger partial charge < -0.3 is 15.3 Å². The Hall–Kier alpha value is -3.00. The van der Waals surface area contributed by atoms with Crippen LogP contribution in [0.2, 0.25) is 0 Å². The quantitative estimate of drug-likeness (QED) is 0.565. The van der Waals surface area contributed by atoms with Gasteiger partial charge in [0.2, 0.25) is 5.95 Å². The fourth-order valence-corrected chi connectivity index (χ4v) is 4.98. The summed E-state index contributed by atoms with van der Waals surface area (Å²) in [7, 11) is 0. The lowest BCUT2D eigenvalue weighted by molar-refractivity contribution is 0.146. The summed E-state index contributed by atoms with van der Waals surface area (Å²) in [6.45, 7) is 0.860. The van der Waals surface area contributed by atoms with Gasteiger partial charge in [0.25, 0.3) is 0 Å². The van der Waals surface area contributed by atoms with Crippen LogP contribution in [0.4, 0.5) is 22.0 Å². The molecule has 3 aliphatic rings. The Bertz CT molecular complexity index is 1110. The molecule has 3 N–H and O–H groups in total. The number of aliphatic hydroxyl groups excluding tert-OH is 1. The van der Waals surface area contributed by atoms with Crippen molar-refractivity contribution in [3.05, 3.63) is 59.2 Å². The second-order valence-electron chi connectivity index (χ2n) is 9.08. The Kier molecular flexibility index (Phi) is 4.41. The zero-order valence-corrected chi connectivity index (χ0v) is 17.1. The van der Waals surface area contributed by atoms with Gasteiger partial charge in [0.1, 0.15) is 11.6 Å². The number of piperidine rings is 1. The number of benzene rings is 1. The van der Waals surface area contributed by atoms with Gasteiger partial charge in [-0.15, -0.1) is 0 Å². The molecule has 3 atom stereocenters. The SMILES string of the molecule is OC1CC2CC1N(c1nc(Cc3cccc(F)c3)cc(Nc3cc(C4CC4)[nH]n3)n1)C2. The van der Waals surface area contributed by atoms with Crippen molar-refractivity contribution in [2.75, 3.05) is 16.8 Å². The van der Waals surface area contributed by atoms with E-state index in [4.69, 9.17) is 9.97 Å². The maximum Gasteiger partial charge on any atom is 0.227 e. The normalized spacial score (nSPS) is 24.7. The topological polar surface area (TPSA) is 90.0 Å². The number of nitrogens with one attached hydrogen (secondary N) is 2. The number of H-pyrrole nitrogens is 1. The number of aromatic amines is 1. The van der Waals surface area contributed by atoms with Crippen molar-refractivity contribution < 1.29 is 9.50 Å². The van der Waals surface area contributed by atoms with Gasteiger partial charge >= 0.3 is 0 Å². The Morgan fingerprint density at radius 1 is 1.13 bits per heavy atom. The van der Waals surface area contributed by atoms with Crippen molar-refractivity contribution in [3.8, 4) is 0 Å². The number of hydrogen-bond donors (Lipinski definition) is 3. The van der Waals surface area contributed by atoms with Crippen molar-refractivity contribution in [2.45, 2.75) is 50.2 Å². The van der Waals surface area contributed by atoms with Crippen LogP contribution < -0.4 is 10.2 Å². The van der Waals surface area contributed by atoms with Crippen molar-refractivity contribution in [1.82, 2.24) is 20.2 Å². The average molecular weight is 420 g/mol. The molecule has 3 aromatic rings. The molecule has 3 fully saturated rings. The summed E-state index contributed by atoms with van der Waals surface area (Å²) in [5, 5.41) is 21.2. The van der Waals surface area contributed by atoms with Gasteiger partial charge in [0.15, 0.2) is 5.82 Å². The minimum absolute atomic E-state index is 0.0640. The second kappa shape index (κ2) is 7.30. The minimum Gasteiger partial charge on any atom is -0.391 e. The van der Waals surface area contributed by atoms with Crippen molar-refractivity contribution >= 4 is 17.6 Å². The molecular formula is C23H25FN6O. The highest BCUT2D eigenvalue weighted by Crippen LogP contribution is 2.41. The van der Waals surface area contributed by atoms with Crippen LogP contribution in [0.5, 0.6) is 0 Å². The molecule has 160 valence electrons. The van der Waals surface area contributed by atoms with Crippen LogP contribution in [-0.4, -0.2) is 44.0 Å². The lowest BCUT2D eigenvalue weighted by Crippen LogP contribution is -2.42. The summed E-state index contributed by atoms with van der Waals surface area (Å²) in [5.41, 5.74) is 2.81. The molecule has 1 aromatic carbocycles. The van der Waals surface area contributed by atoms with Crippen molar-refractivity contribution in [2.24, 2.45) is 5.92 Å². The molecule has 3 heterocycles. The molecule has 0 radical (unpaired) electrons. The molecule has 1 aliphatic heterocycles. The first kappa shape index (κ1) is 18.7. The lowest BCUT2D eigenvalue weighted by atomic mass is 10.1. The van der Waals surface area contributed by atoms with E-state index in [1.54, 1.807) is 6.07 Å². The predicted molar refractivity (Wildman–Crippen MR) is 115 cm³/mol. The Morgan fingerprint density at radius 2 is 2.03 bits per heavy atom. The number of aromatic nitrogens is 4. The number of fused-ring (bicyclic) bond motifs is 2. The van der Waals surface area contributed by atoms with Gasteiger partial charge in [0, 0.05) is 36.7 Å². The Morgan fingerprint density at radius 3 is 2.81 bits per heavy atom. The van der Waals surface area contributed by atoms with E-state index in [1.165, 1.54) is 25.0 Å². The predicted octanol–water partition coefficient (Wildman–Crippen LogP) is 3.51. The number of nitrogens with zero attached hydrogens (tertiary/aromatic N) is 4. The van der Waals surface area contributed by atoms with E-state index in [1.807, 2.05) is 18.2 Å². The number of hydrogen-bond acceptors (Lipinski definition) is 6. The number of halogens is 1. The first-order valence-electron chi connectivity index (χ1n) is 11.0. The maximum atomic E-state index is 13.7. The van der Waals surface area contributed by atoms with Crippen molar-refractivity contribution in [3.63, 3.8) is 0 Å². The van der Waals surface area contributed by atoms with Crippen LogP contribution >= 0.6 is 0 Å². The van der Waals surface area contributed by atoms with Gasteiger partial charge in [-0.3, -0.25) is 5.10 Å². The van der Waals surface area contributed by atoms with Crippen LogP contribution in [0.3, 0.4) is 0 Å². The number of aliphatic hydroxyl groups is 1. The molecule has 3 unspecified atom stereocenters. The number of anilines is 3. The van der Waals surface area contributed by atoms with Crippen molar-refractivity contribution in [1.29, 1.82) is 0 Å². The molecule has 2 bridgehead atoms. The monoisotopic (exact) mass is 420 g/mol. The minimum atomic E-state index is -0.335. The van der Waals surface area contributed by atoms with Gasteiger partial charge in [-0.25, -0.2) is 9.37 Å². The summed E-state index contributed by atoms with van der Waals surface area (Å²) in [6, 6.07) is 10.6. The first-order valence-corrected chi connectivity index (χ1v) is 11.0. The third-order valence-corrected chi connectivity index (χ3v) is 6.62. The van der Waals surface area contributed by atoms with Gasteiger partial charge in [-0.2, -0.15) is 10.1 Å². The molecule has 2 saturated carbocycles. The number of rotatable bonds is 6. The molecule has 2 aliphatic carbocycles. The van der Waals surface area contributed by atoms with E-state index >= 15 is 0 Å². The van der Waals surface area contributed by atoms with Gasteiger partial charge in [-0.05, 0) is 49.3 Å². The molecule has 0 amide bonds. The largest absolute Gasteiger partial charge is 0.391 e. The zero-order valence-electron chi connectivity index (χ0n) is 17.1. The molecule has 8 heteroatoms. The highest BCUT2D eigenvalue weighted by atomic mass is 19.1. The van der Waals surface area contributed by atoms with Crippen LogP contribution in [0.15, 0.2) is 36.4 Å². The van der Waals surface area contributed by atoms with Crippen LogP contribution in [0.1, 0.15) is 48.6 Å². The summed E-state index contributed by atoms with van der Waals surface area (Å²) in [6.07, 6.45) is 4.41. The molecule has 2 aromatic heterocycles. The summed E-state index contributed by atoms with van der Waals surface area (Å²) in [4.78, 5) is 11.7. The van der Waals surface area contributed by atoms with E-state index in [0.717, 1.165) is 42.2 Å². The average Bonchev–Trinajstić information content (AvgIpc) is 3.17. The third-order valence-electron chi connectivity index (χ3n) is 6.62. The second-order valence-corrected chi connectivity index (χ2v) is 9.08. The fourth-order valence-electron chi connectivity index (χ4n) is 4.98. The smallest absolute Gasteiger partial charge is 0.227 e. The van der Waals surface area contributed by atoms with E-state index in [-0.39, 0.29) is 18.0 Å². The summed E-state index contributed by atoms with van der Waals surface area (Å²) >= 11 is 0. The third kappa shape index (κ3) is 3.76. The highest BCUT2D eigenvalue weighted by Gasteiger charge is 2.45.